The fraction of sp³-hybridized carbons (Fsp3) is 1.00. The smallest absolute Gasteiger partial charge is 0.0197 e. The fourth-order valence-electron chi connectivity index (χ4n) is 4.18. The molecule has 4 unspecified atom stereocenters. The number of hydrogen-bond acceptors (Lipinski definition) is 2. The Balaban J connectivity index is 1.74. The minimum absolute atomic E-state index is 0.680. The topological polar surface area (TPSA) is 15.3 Å². The van der Waals surface area contributed by atoms with Gasteiger partial charge >= 0.3 is 0 Å². The molecular formula is C16H32N2. The molecule has 2 bridgehead atoms. The summed E-state index contributed by atoms with van der Waals surface area (Å²) in [6.45, 7) is 7.12. The van der Waals surface area contributed by atoms with Crippen LogP contribution in [-0.2, 0) is 0 Å². The molecular weight excluding hydrogens is 220 g/mol. The second-order valence-corrected chi connectivity index (χ2v) is 7.43. The molecule has 0 heterocycles. The van der Waals surface area contributed by atoms with Crippen LogP contribution in [0.1, 0.15) is 46.0 Å². The summed E-state index contributed by atoms with van der Waals surface area (Å²) < 4.78 is 0. The van der Waals surface area contributed by atoms with Gasteiger partial charge in [-0.05, 0) is 70.0 Å². The molecule has 2 nitrogen and oxygen atoms in total. The Morgan fingerprint density at radius 2 is 1.94 bits per heavy atom. The molecule has 2 heteroatoms. The summed E-state index contributed by atoms with van der Waals surface area (Å²) in [5.41, 5.74) is 0. The van der Waals surface area contributed by atoms with E-state index in [1.807, 2.05) is 0 Å². The largest absolute Gasteiger partial charge is 0.312 e. The molecule has 0 aromatic heterocycles. The summed E-state index contributed by atoms with van der Waals surface area (Å²) in [6.07, 6.45) is 7.38. The average molecular weight is 252 g/mol. The molecule has 0 aromatic rings. The minimum Gasteiger partial charge on any atom is -0.312 e. The summed E-state index contributed by atoms with van der Waals surface area (Å²) >= 11 is 0. The van der Waals surface area contributed by atoms with E-state index in [9.17, 15) is 0 Å². The first-order chi connectivity index (χ1) is 8.54. The second kappa shape index (κ2) is 6.38. The number of fused-ring (bicyclic) bond motifs is 2. The molecule has 4 atom stereocenters. The summed E-state index contributed by atoms with van der Waals surface area (Å²) in [5, 5.41) is 3.87. The predicted octanol–water partition coefficient (Wildman–Crippen LogP) is 2.99. The van der Waals surface area contributed by atoms with Crippen LogP contribution in [0.3, 0.4) is 0 Å². The van der Waals surface area contributed by atoms with Crippen LogP contribution >= 0.6 is 0 Å². The molecule has 106 valence electrons. The van der Waals surface area contributed by atoms with E-state index >= 15 is 0 Å². The Kier molecular flexibility index (Phi) is 5.08. The SMILES string of the molecule is CC(C)CC(CN(C)C)NCC1CC2CCC1C2. The average Bonchev–Trinajstić information content (AvgIpc) is 2.85. The van der Waals surface area contributed by atoms with Gasteiger partial charge in [0.25, 0.3) is 0 Å². The van der Waals surface area contributed by atoms with Gasteiger partial charge in [0.05, 0.1) is 0 Å². The first kappa shape index (κ1) is 14.3. The maximum atomic E-state index is 3.87. The van der Waals surface area contributed by atoms with Gasteiger partial charge in [0, 0.05) is 12.6 Å². The van der Waals surface area contributed by atoms with Crippen LogP contribution in [0.25, 0.3) is 0 Å². The van der Waals surface area contributed by atoms with E-state index in [4.69, 9.17) is 0 Å². The van der Waals surface area contributed by atoms with E-state index in [0.717, 1.165) is 23.7 Å². The van der Waals surface area contributed by atoms with Crippen LogP contribution < -0.4 is 5.32 Å². The Morgan fingerprint density at radius 1 is 1.17 bits per heavy atom. The van der Waals surface area contributed by atoms with Crippen molar-refractivity contribution in [3.05, 3.63) is 0 Å². The van der Waals surface area contributed by atoms with Crippen molar-refractivity contribution in [2.24, 2.45) is 23.7 Å². The van der Waals surface area contributed by atoms with E-state index < -0.39 is 0 Å². The van der Waals surface area contributed by atoms with Crippen LogP contribution in [0, 0.1) is 23.7 Å². The van der Waals surface area contributed by atoms with E-state index in [1.54, 1.807) is 0 Å². The zero-order chi connectivity index (χ0) is 13.1. The van der Waals surface area contributed by atoms with Gasteiger partial charge in [0.1, 0.15) is 0 Å². The molecule has 18 heavy (non-hydrogen) atoms. The van der Waals surface area contributed by atoms with Gasteiger partial charge in [0.2, 0.25) is 0 Å². The number of rotatable bonds is 7. The highest BCUT2D eigenvalue weighted by Crippen LogP contribution is 2.47. The molecule has 1 N–H and O–H groups in total. The van der Waals surface area contributed by atoms with Crippen LogP contribution in [0.4, 0.5) is 0 Å². The zero-order valence-corrected chi connectivity index (χ0v) is 12.8. The van der Waals surface area contributed by atoms with Crippen molar-refractivity contribution >= 4 is 0 Å². The lowest BCUT2D eigenvalue weighted by Crippen LogP contribution is -2.42. The lowest BCUT2D eigenvalue weighted by atomic mass is 9.88. The quantitative estimate of drug-likeness (QED) is 0.749. The van der Waals surface area contributed by atoms with Gasteiger partial charge in [-0.3, -0.25) is 0 Å². The summed E-state index contributed by atoms with van der Waals surface area (Å²) in [7, 11) is 4.37. The maximum absolute atomic E-state index is 3.87. The van der Waals surface area contributed by atoms with Crippen molar-refractivity contribution in [1.29, 1.82) is 0 Å². The lowest BCUT2D eigenvalue weighted by molar-refractivity contribution is 0.264. The van der Waals surface area contributed by atoms with Crippen molar-refractivity contribution < 1.29 is 0 Å². The second-order valence-electron chi connectivity index (χ2n) is 7.43. The molecule has 0 aromatic carbocycles. The van der Waals surface area contributed by atoms with Gasteiger partial charge in [-0.1, -0.05) is 20.3 Å². The Bertz CT molecular complexity index is 239. The third-order valence-electron chi connectivity index (χ3n) is 4.89. The van der Waals surface area contributed by atoms with Crippen LogP contribution in [0.15, 0.2) is 0 Å². The summed E-state index contributed by atoms with van der Waals surface area (Å²) in [6, 6.07) is 0.680. The molecule has 0 saturated heterocycles. The van der Waals surface area contributed by atoms with E-state index in [-0.39, 0.29) is 0 Å². The van der Waals surface area contributed by atoms with Gasteiger partial charge in [-0.25, -0.2) is 0 Å². The molecule has 2 aliphatic carbocycles. The first-order valence-corrected chi connectivity index (χ1v) is 7.92. The predicted molar refractivity (Wildman–Crippen MR) is 78.7 cm³/mol. The molecule has 0 aliphatic heterocycles. The van der Waals surface area contributed by atoms with Crippen molar-refractivity contribution in [2.45, 2.75) is 52.0 Å². The number of hydrogen-bond donors (Lipinski definition) is 1. The molecule has 0 spiro atoms. The summed E-state index contributed by atoms with van der Waals surface area (Å²) in [5.74, 6) is 3.92. The van der Waals surface area contributed by atoms with Gasteiger partial charge in [-0.15, -0.1) is 0 Å². The normalized spacial score (nSPS) is 32.7. The highest BCUT2D eigenvalue weighted by Gasteiger charge is 2.39. The van der Waals surface area contributed by atoms with E-state index in [0.29, 0.717) is 6.04 Å². The third-order valence-corrected chi connectivity index (χ3v) is 4.89. The Hall–Kier alpha value is -0.0800. The molecule has 0 amide bonds. The first-order valence-electron chi connectivity index (χ1n) is 7.92. The molecule has 0 radical (unpaired) electrons. The summed E-state index contributed by atoms with van der Waals surface area (Å²) in [4.78, 5) is 2.32. The monoisotopic (exact) mass is 252 g/mol. The van der Waals surface area contributed by atoms with E-state index in [1.165, 1.54) is 45.2 Å². The highest BCUT2D eigenvalue weighted by molar-refractivity contribution is 4.91. The molecule has 2 saturated carbocycles. The minimum atomic E-state index is 0.680. The maximum Gasteiger partial charge on any atom is 0.0197 e. The van der Waals surface area contributed by atoms with Gasteiger partial charge < -0.3 is 10.2 Å². The highest BCUT2D eigenvalue weighted by atomic mass is 15.1. The van der Waals surface area contributed by atoms with Gasteiger partial charge in [0.15, 0.2) is 0 Å². The van der Waals surface area contributed by atoms with E-state index in [2.05, 4.69) is 38.2 Å². The number of nitrogens with zero attached hydrogens (tertiary/aromatic N) is 1. The van der Waals surface area contributed by atoms with Crippen LogP contribution in [-0.4, -0.2) is 38.1 Å². The van der Waals surface area contributed by atoms with Crippen LogP contribution in [0.2, 0.25) is 0 Å². The van der Waals surface area contributed by atoms with Crippen molar-refractivity contribution in [3.8, 4) is 0 Å². The number of nitrogens with one attached hydrogen (secondary N) is 1. The Morgan fingerprint density at radius 3 is 2.44 bits per heavy atom. The standard InChI is InChI=1S/C16H32N2/c1-12(2)7-16(11-18(3)4)17-10-15-9-13-5-6-14(15)8-13/h12-17H,5-11H2,1-4H3. The molecule has 2 rings (SSSR count). The van der Waals surface area contributed by atoms with Gasteiger partial charge in [-0.2, -0.15) is 0 Å². The number of likely N-dealkylation sites (N-methyl/N-ethyl adjacent to an activating group) is 1. The Labute approximate surface area is 114 Å². The molecule has 2 aliphatic rings. The van der Waals surface area contributed by atoms with Crippen molar-refractivity contribution in [3.63, 3.8) is 0 Å². The third kappa shape index (κ3) is 3.96. The van der Waals surface area contributed by atoms with Crippen LogP contribution in [0.5, 0.6) is 0 Å². The van der Waals surface area contributed by atoms with Crippen molar-refractivity contribution in [1.82, 2.24) is 10.2 Å². The zero-order valence-electron chi connectivity index (χ0n) is 12.8. The fourth-order valence-corrected chi connectivity index (χ4v) is 4.18. The lowest BCUT2D eigenvalue weighted by Gasteiger charge is -2.28. The van der Waals surface area contributed by atoms with Crippen molar-refractivity contribution in [2.75, 3.05) is 27.2 Å². The molecule has 2 fully saturated rings.